The molecule has 4 nitrogen and oxygen atoms in total. The number of carbonyl (C=O) groups excluding carboxylic acids is 2. The van der Waals surface area contributed by atoms with Crippen LogP contribution >= 0.6 is 11.3 Å². The van der Waals surface area contributed by atoms with E-state index >= 15 is 0 Å². The third-order valence-corrected chi connectivity index (χ3v) is 5.50. The molecule has 2 heterocycles. The van der Waals surface area contributed by atoms with Crippen molar-refractivity contribution in [1.29, 1.82) is 0 Å². The Morgan fingerprint density at radius 2 is 2.00 bits per heavy atom. The lowest BCUT2D eigenvalue weighted by Crippen LogP contribution is -2.45. The van der Waals surface area contributed by atoms with Crippen LogP contribution in [0, 0.1) is 0 Å². The Bertz CT molecular complexity index is 740. The Balaban J connectivity index is 1.69. The number of hydrogen-bond donors (Lipinski definition) is 1. The summed E-state index contributed by atoms with van der Waals surface area (Å²) in [5.74, 6) is -0.110. The van der Waals surface area contributed by atoms with E-state index in [2.05, 4.69) is 5.32 Å². The summed E-state index contributed by atoms with van der Waals surface area (Å²) in [6, 6.07) is 11.3. The molecule has 1 N–H and O–H groups in total. The number of urea groups is 1. The minimum absolute atomic E-state index is 0.110. The first-order chi connectivity index (χ1) is 10.7. The lowest BCUT2D eigenvalue weighted by Gasteiger charge is -2.31. The van der Waals surface area contributed by atoms with Gasteiger partial charge in [0, 0.05) is 10.4 Å². The molecule has 1 atom stereocenters. The Hall–Kier alpha value is -2.14. The molecule has 1 fully saturated rings. The molecule has 3 amide bonds. The third-order valence-electron chi connectivity index (χ3n) is 4.52. The molecule has 1 aliphatic heterocycles. The summed E-state index contributed by atoms with van der Waals surface area (Å²) in [5.41, 5.74) is 1.13. The second-order valence-corrected chi connectivity index (χ2v) is 6.82. The molecule has 1 aliphatic carbocycles. The van der Waals surface area contributed by atoms with E-state index in [0.29, 0.717) is 13.0 Å². The molecule has 1 saturated heterocycles. The van der Waals surface area contributed by atoms with Gasteiger partial charge in [-0.2, -0.15) is 0 Å². The van der Waals surface area contributed by atoms with E-state index in [1.165, 1.54) is 9.78 Å². The van der Waals surface area contributed by atoms with Crippen LogP contribution in [-0.2, 0) is 23.3 Å². The van der Waals surface area contributed by atoms with Gasteiger partial charge in [0.05, 0.1) is 6.54 Å². The van der Waals surface area contributed by atoms with Crippen molar-refractivity contribution in [3.8, 4) is 0 Å². The second-order valence-electron chi connectivity index (χ2n) is 5.82. The smallest absolute Gasteiger partial charge is 0.319 e. The Morgan fingerprint density at radius 1 is 1.18 bits per heavy atom. The van der Waals surface area contributed by atoms with Crippen LogP contribution in [0.4, 0.5) is 4.79 Å². The molecular formula is C17H16N2O2S. The highest BCUT2D eigenvalue weighted by Gasteiger charge is 2.54. The fraction of sp³-hybridized carbons (Fsp3) is 0.294. The van der Waals surface area contributed by atoms with Crippen molar-refractivity contribution in [2.75, 3.05) is 0 Å². The molecule has 5 heteroatoms. The number of hydrogen-bond acceptors (Lipinski definition) is 3. The predicted octanol–water partition coefficient (Wildman–Crippen LogP) is 3.03. The monoisotopic (exact) mass is 312 g/mol. The first-order valence-electron chi connectivity index (χ1n) is 7.45. The maximum Gasteiger partial charge on any atom is 0.325 e. The minimum Gasteiger partial charge on any atom is -0.319 e. The summed E-state index contributed by atoms with van der Waals surface area (Å²) >= 11 is 1.67. The maximum absolute atomic E-state index is 13.0. The van der Waals surface area contributed by atoms with E-state index < -0.39 is 5.54 Å². The number of thiophene rings is 1. The van der Waals surface area contributed by atoms with Gasteiger partial charge in [-0.25, -0.2) is 4.79 Å². The number of rotatable bonds is 2. The predicted molar refractivity (Wildman–Crippen MR) is 84.5 cm³/mol. The number of fused-ring (bicyclic) bond motifs is 2. The van der Waals surface area contributed by atoms with Crippen molar-refractivity contribution in [2.45, 2.75) is 31.3 Å². The fourth-order valence-electron chi connectivity index (χ4n) is 3.45. The van der Waals surface area contributed by atoms with Crippen molar-refractivity contribution in [3.63, 3.8) is 0 Å². The number of benzene rings is 1. The van der Waals surface area contributed by atoms with Crippen LogP contribution in [-0.4, -0.2) is 16.8 Å². The molecule has 0 saturated carbocycles. The van der Waals surface area contributed by atoms with Gasteiger partial charge in [-0.3, -0.25) is 9.69 Å². The van der Waals surface area contributed by atoms with Crippen LogP contribution in [0.15, 0.2) is 41.8 Å². The molecule has 112 valence electrons. The van der Waals surface area contributed by atoms with Gasteiger partial charge in [-0.15, -0.1) is 11.3 Å². The van der Waals surface area contributed by atoms with Crippen molar-refractivity contribution >= 4 is 23.3 Å². The van der Waals surface area contributed by atoms with Gasteiger partial charge in [0.15, 0.2) is 0 Å². The van der Waals surface area contributed by atoms with E-state index in [4.69, 9.17) is 0 Å². The molecule has 0 bridgehead atoms. The number of amides is 3. The zero-order valence-corrected chi connectivity index (χ0v) is 12.9. The standard InChI is InChI=1S/C17H16N2O2S/c20-15-17(9-4-7-14-13(17)8-10-22-14)18-16(21)19(15)11-12-5-2-1-3-6-12/h1-3,5-6,8,10H,4,7,9,11H2,(H,18,21)/t17-/m0/s1. The number of carbonyl (C=O) groups is 2. The molecule has 2 aromatic rings. The topological polar surface area (TPSA) is 49.4 Å². The van der Waals surface area contributed by atoms with Gasteiger partial charge in [0.2, 0.25) is 0 Å². The van der Waals surface area contributed by atoms with Crippen LogP contribution in [0.2, 0.25) is 0 Å². The molecule has 4 rings (SSSR count). The van der Waals surface area contributed by atoms with Gasteiger partial charge in [-0.1, -0.05) is 30.3 Å². The van der Waals surface area contributed by atoms with Crippen molar-refractivity contribution in [3.05, 3.63) is 57.8 Å². The number of nitrogens with zero attached hydrogens (tertiary/aromatic N) is 1. The third kappa shape index (κ3) is 1.89. The summed E-state index contributed by atoms with van der Waals surface area (Å²) in [4.78, 5) is 28.0. The van der Waals surface area contributed by atoms with E-state index in [-0.39, 0.29) is 11.9 Å². The van der Waals surface area contributed by atoms with E-state index in [1.54, 1.807) is 11.3 Å². The molecule has 0 unspecified atom stereocenters. The highest BCUT2D eigenvalue weighted by molar-refractivity contribution is 7.10. The van der Waals surface area contributed by atoms with E-state index in [1.807, 2.05) is 41.8 Å². The van der Waals surface area contributed by atoms with Crippen LogP contribution < -0.4 is 5.32 Å². The zero-order chi connectivity index (χ0) is 15.2. The van der Waals surface area contributed by atoms with Crippen LogP contribution in [0.1, 0.15) is 28.8 Å². The highest BCUT2D eigenvalue weighted by atomic mass is 32.1. The molecule has 1 aromatic carbocycles. The van der Waals surface area contributed by atoms with Crippen molar-refractivity contribution in [2.24, 2.45) is 0 Å². The average Bonchev–Trinajstić information content (AvgIpc) is 3.10. The lowest BCUT2D eigenvalue weighted by atomic mass is 9.80. The van der Waals surface area contributed by atoms with E-state index in [9.17, 15) is 9.59 Å². The lowest BCUT2D eigenvalue weighted by molar-refractivity contribution is -0.132. The summed E-state index contributed by atoms with van der Waals surface area (Å²) in [6.07, 6.45) is 2.61. The molecule has 2 aliphatic rings. The maximum atomic E-state index is 13.0. The molecule has 1 aromatic heterocycles. The summed E-state index contributed by atoms with van der Waals surface area (Å²) < 4.78 is 0. The summed E-state index contributed by atoms with van der Waals surface area (Å²) in [5, 5.41) is 4.99. The largest absolute Gasteiger partial charge is 0.325 e. The number of aryl methyl sites for hydroxylation is 1. The summed E-state index contributed by atoms with van der Waals surface area (Å²) in [7, 11) is 0. The van der Waals surface area contributed by atoms with Crippen LogP contribution in [0.25, 0.3) is 0 Å². The van der Waals surface area contributed by atoms with Crippen molar-refractivity contribution < 1.29 is 9.59 Å². The SMILES string of the molecule is O=C1N[C@]2(CCCc3sccc32)C(=O)N1Cc1ccccc1. The number of nitrogens with one attached hydrogen (secondary N) is 1. The Kier molecular flexibility index (Phi) is 3.04. The van der Waals surface area contributed by atoms with Gasteiger partial charge in [0.1, 0.15) is 5.54 Å². The number of imide groups is 1. The minimum atomic E-state index is -0.834. The Labute approximate surface area is 132 Å². The molecule has 22 heavy (non-hydrogen) atoms. The first-order valence-corrected chi connectivity index (χ1v) is 8.33. The second kappa shape index (κ2) is 4.95. The molecular weight excluding hydrogens is 296 g/mol. The van der Waals surface area contributed by atoms with E-state index in [0.717, 1.165) is 24.0 Å². The zero-order valence-electron chi connectivity index (χ0n) is 12.0. The van der Waals surface area contributed by atoms with Gasteiger partial charge < -0.3 is 5.32 Å². The molecule has 1 spiro atoms. The van der Waals surface area contributed by atoms with Gasteiger partial charge >= 0.3 is 6.03 Å². The Morgan fingerprint density at radius 3 is 2.82 bits per heavy atom. The van der Waals surface area contributed by atoms with Crippen LogP contribution in [0.5, 0.6) is 0 Å². The van der Waals surface area contributed by atoms with Crippen LogP contribution in [0.3, 0.4) is 0 Å². The van der Waals surface area contributed by atoms with Gasteiger partial charge in [-0.05, 0) is 36.3 Å². The summed E-state index contributed by atoms with van der Waals surface area (Å²) in [6.45, 7) is 0.326. The van der Waals surface area contributed by atoms with Crippen molar-refractivity contribution in [1.82, 2.24) is 10.2 Å². The molecule has 0 radical (unpaired) electrons. The van der Waals surface area contributed by atoms with Gasteiger partial charge in [0.25, 0.3) is 5.91 Å². The fourth-order valence-corrected chi connectivity index (χ4v) is 4.45. The normalized spacial score (nSPS) is 23.7. The average molecular weight is 312 g/mol. The quantitative estimate of drug-likeness (QED) is 0.867. The highest BCUT2D eigenvalue weighted by Crippen LogP contribution is 2.42. The first kappa shape index (κ1) is 13.5.